The lowest BCUT2D eigenvalue weighted by Gasteiger charge is -2.28. The van der Waals surface area contributed by atoms with Crippen molar-refractivity contribution in [2.45, 2.75) is 44.9 Å². The molecule has 0 radical (unpaired) electrons. The second kappa shape index (κ2) is 3.68. The van der Waals surface area contributed by atoms with Gasteiger partial charge in [-0.1, -0.05) is 13.3 Å². The Hall–Kier alpha value is -1.65. The molecule has 100 valence electrons. The average molecular weight is 257 g/mol. The molecule has 2 aromatic heterocycles. The molecule has 2 aliphatic rings. The zero-order chi connectivity index (χ0) is 13.0. The lowest BCUT2D eigenvalue weighted by molar-refractivity contribution is 0.274. The number of aromatic nitrogens is 4. The first-order valence-electron chi connectivity index (χ1n) is 7.15. The number of anilines is 1. The molecule has 2 heterocycles. The fourth-order valence-corrected chi connectivity index (χ4v) is 3.94. The summed E-state index contributed by atoms with van der Waals surface area (Å²) in [6.45, 7) is 2.38. The van der Waals surface area contributed by atoms with Crippen molar-refractivity contribution < 1.29 is 0 Å². The molecule has 0 saturated heterocycles. The number of fused-ring (bicyclic) bond motifs is 1. The minimum Gasteiger partial charge on any atom is -0.381 e. The highest BCUT2D eigenvalue weighted by Gasteiger charge is 2.53. The second-order valence-electron chi connectivity index (χ2n) is 6.33. The summed E-state index contributed by atoms with van der Waals surface area (Å²) in [6.07, 6.45) is 10.2. The minimum absolute atomic E-state index is 0.464. The van der Waals surface area contributed by atoms with E-state index >= 15 is 0 Å². The van der Waals surface area contributed by atoms with Crippen molar-refractivity contribution in [1.82, 2.24) is 19.6 Å². The standard InChI is InChI=1S/C14H19N5/c1-9-7-14(9)4-2-3-10(8-14)12-17-18-13-11(15)16-5-6-19(12)13/h5-6,9-10H,2-4,7-8H2,1H3,(H2,15,16). The molecule has 2 aromatic rings. The maximum Gasteiger partial charge on any atom is 0.203 e. The van der Waals surface area contributed by atoms with Crippen molar-refractivity contribution in [3.8, 4) is 0 Å². The van der Waals surface area contributed by atoms with E-state index < -0.39 is 0 Å². The zero-order valence-electron chi connectivity index (χ0n) is 11.2. The second-order valence-corrected chi connectivity index (χ2v) is 6.33. The first-order valence-corrected chi connectivity index (χ1v) is 7.15. The summed E-state index contributed by atoms with van der Waals surface area (Å²) < 4.78 is 2.03. The van der Waals surface area contributed by atoms with Crippen LogP contribution < -0.4 is 5.73 Å². The molecule has 19 heavy (non-hydrogen) atoms. The zero-order valence-corrected chi connectivity index (χ0v) is 11.2. The van der Waals surface area contributed by atoms with E-state index in [-0.39, 0.29) is 0 Å². The fraction of sp³-hybridized carbons (Fsp3) is 0.643. The Bertz CT molecular complexity index is 634. The third kappa shape index (κ3) is 1.57. The summed E-state index contributed by atoms with van der Waals surface area (Å²) in [5.74, 6) is 2.95. The van der Waals surface area contributed by atoms with Crippen molar-refractivity contribution in [3.05, 3.63) is 18.2 Å². The molecule has 0 aliphatic heterocycles. The van der Waals surface area contributed by atoms with Crippen LogP contribution in [0.4, 0.5) is 5.82 Å². The molecular formula is C14H19N5. The molecule has 0 aromatic carbocycles. The lowest BCUT2D eigenvalue weighted by atomic mass is 9.77. The van der Waals surface area contributed by atoms with Gasteiger partial charge in [-0.15, -0.1) is 10.2 Å². The number of nitrogens with zero attached hydrogens (tertiary/aromatic N) is 4. The molecule has 4 rings (SSSR count). The third-order valence-electron chi connectivity index (χ3n) is 5.22. The molecule has 5 heteroatoms. The van der Waals surface area contributed by atoms with Gasteiger partial charge < -0.3 is 5.73 Å². The van der Waals surface area contributed by atoms with Crippen LogP contribution in [0, 0.1) is 11.3 Å². The Balaban J connectivity index is 1.72. The fourth-order valence-electron chi connectivity index (χ4n) is 3.94. The van der Waals surface area contributed by atoms with Crippen molar-refractivity contribution in [2.75, 3.05) is 5.73 Å². The highest BCUT2D eigenvalue weighted by atomic mass is 15.3. The van der Waals surface area contributed by atoms with Gasteiger partial charge in [-0.2, -0.15) is 0 Å². The minimum atomic E-state index is 0.464. The highest BCUT2D eigenvalue weighted by molar-refractivity contribution is 5.58. The Labute approximate surface area is 112 Å². The summed E-state index contributed by atoms with van der Waals surface area (Å²) in [7, 11) is 0. The molecule has 0 amide bonds. The predicted molar refractivity (Wildman–Crippen MR) is 72.6 cm³/mol. The topological polar surface area (TPSA) is 69.1 Å². The van der Waals surface area contributed by atoms with Gasteiger partial charge in [0, 0.05) is 18.3 Å². The van der Waals surface area contributed by atoms with Crippen LogP contribution in [0.1, 0.15) is 50.8 Å². The molecule has 0 bridgehead atoms. The van der Waals surface area contributed by atoms with E-state index in [0.29, 0.717) is 22.8 Å². The van der Waals surface area contributed by atoms with Crippen LogP contribution in [0.25, 0.3) is 5.65 Å². The van der Waals surface area contributed by atoms with E-state index in [1.54, 1.807) is 6.20 Å². The first-order chi connectivity index (χ1) is 9.20. The smallest absolute Gasteiger partial charge is 0.203 e. The van der Waals surface area contributed by atoms with Gasteiger partial charge in [0.05, 0.1) is 0 Å². The monoisotopic (exact) mass is 257 g/mol. The van der Waals surface area contributed by atoms with Crippen LogP contribution in [0.5, 0.6) is 0 Å². The molecule has 3 unspecified atom stereocenters. The van der Waals surface area contributed by atoms with Gasteiger partial charge in [-0.05, 0) is 37.0 Å². The molecule has 5 nitrogen and oxygen atoms in total. The average Bonchev–Trinajstić information content (AvgIpc) is 2.86. The SMILES string of the molecule is CC1CC12CCCC(c1nnc3c(N)nccn13)C2. The largest absolute Gasteiger partial charge is 0.381 e. The number of hydrogen-bond donors (Lipinski definition) is 1. The van der Waals surface area contributed by atoms with E-state index in [1.165, 1.54) is 32.1 Å². The quantitative estimate of drug-likeness (QED) is 0.851. The Kier molecular flexibility index (Phi) is 2.17. The number of hydrogen-bond acceptors (Lipinski definition) is 4. The van der Waals surface area contributed by atoms with Crippen LogP contribution in [0.3, 0.4) is 0 Å². The van der Waals surface area contributed by atoms with Crippen molar-refractivity contribution in [2.24, 2.45) is 11.3 Å². The number of nitrogen functional groups attached to an aromatic ring is 1. The summed E-state index contributed by atoms with van der Waals surface area (Å²) in [5, 5.41) is 8.60. The molecule has 3 atom stereocenters. The van der Waals surface area contributed by atoms with E-state index in [9.17, 15) is 0 Å². The Morgan fingerprint density at radius 2 is 2.21 bits per heavy atom. The van der Waals surface area contributed by atoms with E-state index in [0.717, 1.165) is 11.7 Å². The summed E-state index contributed by atoms with van der Waals surface area (Å²) >= 11 is 0. The van der Waals surface area contributed by atoms with E-state index in [2.05, 4.69) is 22.1 Å². The molecule has 2 fully saturated rings. The van der Waals surface area contributed by atoms with Gasteiger partial charge in [0.25, 0.3) is 0 Å². The van der Waals surface area contributed by atoms with Crippen LogP contribution in [-0.2, 0) is 0 Å². The number of nitrogens with two attached hydrogens (primary N) is 1. The van der Waals surface area contributed by atoms with Crippen LogP contribution >= 0.6 is 0 Å². The van der Waals surface area contributed by atoms with Crippen LogP contribution in [-0.4, -0.2) is 19.6 Å². The van der Waals surface area contributed by atoms with Crippen molar-refractivity contribution in [1.29, 1.82) is 0 Å². The van der Waals surface area contributed by atoms with Gasteiger partial charge in [0.2, 0.25) is 5.65 Å². The Morgan fingerprint density at radius 1 is 1.37 bits per heavy atom. The van der Waals surface area contributed by atoms with Crippen LogP contribution in [0.2, 0.25) is 0 Å². The third-order valence-corrected chi connectivity index (χ3v) is 5.22. The van der Waals surface area contributed by atoms with E-state index in [4.69, 9.17) is 5.73 Å². The van der Waals surface area contributed by atoms with Gasteiger partial charge in [-0.25, -0.2) is 4.98 Å². The Morgan fingerprint density at radius 3 is 3.00 bits per heavy atom. The van der Waals surface area contributed by atoms with Crippen LogP contribution in [0.15, 0.2) is 12.4 Å². The van der Waals surface area contributed by atoms with Gasteiger partial charge in [-0.3, -0.25) is 4.40 Å². The van der Waals surface area contributed by atoms with Gasteiger partial charge in [0.1, 0.15) is 5.82 Å². The highest BCUT2D eigenvalue weighted by Crippen LogP contribution is 2.63. The van der Waals surface area contributed by atoms with Crippen molar-refractivity contribution in [3.63, 3.8) is 0 Å². The van der Waals surface area contributed by atoms with Gasteiger partial charge in [0.15, 0.2) is 5.82 Å². The molecular weight excluding hydrogens is 238 g/mol. The predicted octanol–water partition coefficient (Wildman–Crippen LogP) is 2.39. The summed E-state index contributed by atoms with van der Waals surface area (Å²) in [6, 6.07) is 0. The summed E-state index contributed by atoms with van der Waals surface area (Å²) in [4.78, 5) is 4.07. The molecule has 2 aliphatic carbocycles. The maximum atomic E-state index is 5.85. The van der Waals surface area contributed by atoms with E-state index in [1.807, 2.05) is 10.6 Å². The lowest BCUT2D eigenvalue weighted by Crippen LogP contribution is -2.18. The molecule has 2 N–H and O–H groups in total. The molecule has 1 spiro atoms. The summed E-state index contributed by atoms with van der Waals surface area (Å²) in [5.41, 5.74) is 7.15. The normalized spacial score (nSPS) is 33.9. The van der Waals surface area contributed by atoms with Gasteiger partial charge >= 0.3 is 0 Å². The maximum absolute atomic E-state index is 5.85. The number of rotatable bonds is 1. The van der Waals surface area contributed by atoms with Crippen molar-refractivity contribution >= 4 is 11.5 Å². The molecule has 2 saturated carbocycles. The first kappa shape index (κ1) is 11.2.